The molecule has 2 heterocycles. The topological polar surface area (TPSA) is 37.4 Å². The molecule has 0 aromatic carbocycles. The summed E-state index contributed by atoms with van der Waals surface area (Å²) < 4.78 is 5.91. The van der Waals surface area contributed by atoms with Gasteiger partial charge in [0.25, 0.3) is 0 Å². The van der Waals surface area contributed by atoms with E-state index in [1.54, 1.807) is 0 Å². The zero-order valence-electron chi connectivity index (χ0n) is 13.4. The molecule has 1 aliphatic carbocycles. The van der Waals surface area contributed by atoms with Crippen LogP contribution in [0.2, 0.25) is 0 Å². The molecule has 2 aliphatic rings. The van der Waals surface area contributed by atoms with Crippen LogP contribution in [0.1, 0.15) is 45.7 Å². The van der Waals surface area contributed by atoms with Crippen LogP contribution < -0.4 is 10.2 Å². The van der Waals surface area contributed by atoms with Crippen molar-refractivity contribution >= 4 is 5.69 Å². The van der Waals surface area contributed by atoms with Gasteiger partial charge in [0.2, 0.25) is 0 Å². The molecular formula is C17H27N3O. The fourth-order valence-electron chi connectivity index (χ4n) is 3.34. The van der Waals surface area contributed by atoms with Gasteiger partial charge in [0.05, 0.1) is 24.4 Å². The highest BCUT2D eigenvalue weighted by molar-refractivity contribution is 5.48. The molecule has 0 bridgehead atoms. The van der Waals surface area contributed by atoms with Gasteiger partial charge in [-0.05, 0) is 52.2 Å². The van der Waals surface area contributed by atoms with E-state index >= 15 is 0 Å². The van der Waals surface area contributed by atoms with Crippen LogP contribution in [0.4, 0.5) is 5.69 Å². The van der Waals surface area contributed by atoms with Gasteiger partial charge in [-0.15, -0.1) is 0 Å². The number of anilines is 1. The maximum absolute atomic E-state index is 5.91. The van der Waals surface area contributed by atoms with Gasteiger partial charge in [-0.1, -0.05) is 0 Å². The van der Waals surface area contributed by atoms with Gasteiger partial charge >= 0.3 is 0 Å². The van der Waals surface area contributed by atoms with E-state index in [9.17, 15) is 0 Å². The third kappa shape index (κ3) is 3.55. The molecule has 21 heavy (non-hydrogen) atoms. The van der Waals surface area contributed by atoms with E-state index in [-0.39, 0.29) is 5.54 Å². The number of hydrogen-bond donors (Lipinski definition) is 1. The lowest BCUT2D eigenvalue weighted by molar-refractivity contribution is 0.0256. The molecule has 1 aromatic heterocycles. The van der Waals surface area contributed by atoms with E-state index in [4.69, 9.17) is 4.74 Å². The normalized spacial score (nSPS) is 26.0. The quantitative estimate of drug-likeness (QED) is 0.928. The Bertz CT molecular complexity index is 483. The molecular weight excluding hydrogens is 262 g/mol. The highest BCUT2D eigenvalue weighted by Crippen LogP contribution is 2.33. The Morgan fingerprint density at radius 1 is 1.38 bits per heavy atom. The first-order chi connectivity index (χ1) is 10.0. The molecule has 0 spiro atoms. The van der Waals surface area contributed by atoms with Gasteiger partial charge in [-0.2, -0.15) is 0 Å². The molecule has 1 saturated carbocycles. The van der Waals surface area contributed by atoms with Gasteiger partial charge in [-0.25, -0.2) is 0 Å². The van der Waals surface area contributed by atoms with E-state index in [0.29, 0.717) is 12.1 Å². The van der Waals surface area contributed by atoms with Crippen LogP contribution in [-0.4, -0.2) is 35.8 Å². The molecule has 1 aliphatic heterocycles. The number of ether oxygens (including phenoxy) is 1. The second kappa shape index (κ2) is 5.93. The molecule has 1 saturated heterocycles. The predicted octanol–water partition coefficient (Wildman–Crippen LogP) is 2.73. The van der Waals surface area contributed by atoms with Gasteiger partial charge in [-0.3, -0.25) is 4.98 Å². The first-order valence-electron chi connectivity index (χ1n) is 8.11. The largest absolute Gasteiger partial charge is 0.374 e. The van der Waals surface area contributed by atoms with Crippen LogP contribution in [0, 0.1) is 0 Å². The van der Waals surface area contributed by atoms with E-state index in [0.717, 1.165) is 25.4 Å². The van der Waals surface area contributed by atoms with Crippen molar-refractivity contribution in [3.8, 4) is 0 Å². The Hall–Kier alpha value is -1.13. The molecule has 0 amide bonds. The molecule has 4 heteroatoms. The van der Waals surface area contributed by atoms with Crippen molar-refractivity contribution < 1.29 is 4.74 Å². The molecule has 2 atom stereocenters. The first kappa shape index (κ1) is 14.8. The van der Waals surface area contributed by atoms with E-state index < -0.39 is 0 Å². The minimum atomic E-state index is 0.118. The van der Waals surface area contributed by atoms with Crippen molar-refractivity contribution in [1.82, 2.24) is 10.3 Å². The number of morpholine rings is 1. The minimum Gasteiger partial charge on any atom is -0.374 e. The van der Waals surface area contributed by atoms with Crippen LogP contribution in [0.15, 0.2) is 18.3 Å². The summed E-state index contributed by atoms with van der Waals surface area (Å²) in [6, 6.07) is 4.94. The third-order valence-electron chi connectivity index (χ3n) is 4.41. The number of aromatic nitrogens is 1. The average molecular weight is 289 g/mol. The highest BCUT2D eigenvalue weighted by Gasteiger charge is 2.36. The molecule has 2 unspecified atom stereocenters. The standard InChI is InChI=1S/C17H27N3O/c1-17(2,3)19-12-13-11-14(7-8-18-13)20-9-10-21-16-6-4-5-15(16)20/h7-8,11,15-16,19H,4-6,9-10,12H2,1-3H3. The first-order valence-corrected chi connectivity index (χ1v) is 8.11. The summed E-state index contributed by atoms with van der Waals surface area (Å²) in [6.07, 6.45) is 6.12. The zero-order valence-corrected chi connectivity index (χ0v) is 13.4. The van der Waals surface area contributed by atoms with Crippen LogP contribution in [0.3, 0.4) is 0 Å². The second-order valence-electron chi connectivity index (χ2n) is 7.21. The molecule has 1 N–H and O–H groups in total. The summed E-state index contributed by atoms with van der Waals surface area (Å²) in [5.41, 5.74) is 2.53. The van der Waals surface area contributed by atoms with Crippen molar-refractivity contribution in [3.05, 3.63) is 24.0 Å². The van der Waals surface area contributed by atoms with Crippen LogP contribution in [0.25, 0.3) is 0 Å². The lowest BCUT2D eigenvalue weighted by atomic mass is 10.1. The monoisotopic (exact) mass is 289 g/mol. The van der Waals surface area contributed by atoms with Crippen molar-refractivity contribution in [2.24, 2.45) is 0 Å². The van der Waals surface area contributed by atoms with Gasteiger partial charge in [0, 0.05) is 30.5 Å². The number of nitrogens with zero attached hydrogens (tertiary/aromatic N) is 2. The number of fused-ring (bicyclic) bond motifs is 1. The number of rotatable bonds is 3. The number of pyridine rings is 1. The molecule has 1 aromatic rings. The minimum absolute atomic E-state index is 0.118. The van der Waals surface area contributed by atoms with Gasteiger partial charge in [0.15, 0.2) is 0 Å². The van der Waals surface area contributed by atoms with E-state index in [2.05, 4.69) is 48.1 Å². The molecule has 4 nitrogen and oxygen atoms in total. The lowest BCUT2D eigenvalue weighted by Crippen LogP contribution is -2.48. The summed E-state index contributed by atoms with van der Waals surface area (Å²) in [4.78, 5) is 7.03. The maximum atomic E-state index is 5.91. The smallest absolute Gasteiger partial charge is 0.0779 e. The summed E-state index contributed by atoms with van der Waals surface area (Å²) in [6.45, 7) is 9.21. The molecule has 116 valence electrons. The summed E-state index contributed by atoms with van der Waals surface area (Å²) in [5, 5.41) is 3.51. The van der Waals surface area contributed by atoms with E-state index in [1.807, 2.05) is 6.20 Å². The van der Waals surface area contributed by atoms with Gasteiger partial charge in [0.1, 0.15) is 0 Å². The van der Waals surface area contributed by atoms with Crippen molar-refractivity contribution in [3.63, 3.8) is 0 Å². The Kier molecular flexibility index (Phi) is 4.18. The summed E-state index contributed by atoms with van der Waals surface area (Å²) >= 11 is 0. The van der Waals surface area contributed by atoms with Gasteiger partial charge < -0.3 is 15.0 Å². The summed E-state index contributed by atoms with van der Waals surface area (Å²) in [5.74, 6) is 0. The van der Waals surface area contributed by atoms with Crippen molar-refractivity contribution in [2.45, 2.75) is 64.3 Å². The summed E-state index contributed by atoms with van der Waals surface area (Å²) in [7, 11) is 0. The van der Waals surface area contributed by atoms with Crippen LogP contribution >= 0.6 is 0 Å². The molecule has 0 radical (unpaired) electrons. The fraction of sp³-hybridized carbons (Fsp3) is 0.706. The Morgan fingerprint density at radius 3 is 3.05 bits per heavy atom. The maximum Gasteiger partial charge on any atom is 0.0779 e. The highest BCUT2D eigenvalue weighted by atomic mass is 16.5. The zero-order chi connectivity index (χ0) is 14.9. The second-order valence-corrected chi connectivity index (χ2v) is 7.21. The SMILES string of the molecule is CC(C)(C)NCc1cc(N2CCOC3CCCC32)ccn1. The Morgan fingerprint density at radius 2 is 2.24 bits per heavy atom. The van der Waals surface area contributed by atoms with E-state index in [1.165, 1.54) is 24.9 Å². The Balaban J connectivity index is 1.73. The number of nitrogens with one attached hydrogen (secondary N) is 1. The third-order valence-corrected chi connectivity index (χ3v) is 4.41. The fourth-order valence-corrected chi connectivity index (χ4v) is 3.34. The van der Waals surface area contributed by atoms with Crippen molar-refractivity contribution in [2.75, 3.05) is 18.1 Å². The van der Waals surface area contributed by atoms with Crippen LogP contribution in [0.5, 0.6) is 0 Å². The van der Waals surface area contributed by atoms with Crippen LogP contribution in [-0.2, 0) is 11.3 Å². The lowest BCUT2D eigenvalue weighted by Gasteiger charge is -2.39. The average Bonchev–Trinajstić information content (AvgIpc) is 2.93. The van der Waals surface area contributed by atoms with Crippen molar-refractivity contribution in [1.29, 1.82) is 0 Å². The number of hydrogen-bond acceptors (Lipinski definition) is 4. The molecule has 2 fully saturated rings. The molecule has 3 rings (SSSR count). The predicted molar refractivity (Wildman–Crippen MR) is 85.6 cm³/mol. The Labute approximate surface area is 127 Å².